The third kappa shape index (κ3) is 2.12. The summed E-state index contributed by atoms with van der Waals surface area (Å²) in [4.78, 5) is 9.17. The zero-order chi connectivity index (χ0) is 15.1. The van der Waals surface area contributed by atoms with Crippen LogP contribution >= 0.6 is 11.3 Å². The highest BCUT2D eigenvalue weighted by Crippen LogP contribution is 2.32. The Hall–Kier alpha value is -2.46. The second-order valence-corrected chi connectivity index (χ2v) is 6.55. The number of hydrogen-bond acceptors (Lipinski definition) is 3. The second-order valence-electron chi connectivity index (χ2n) is 5.34. The van der Waals surface area contributed by atoms with Gasteiger partial charge in [-0.2, -0.15) is 0 Å². The van der Waals surface area contributed by atoms with E-state index in [4.69, 9.17) is 0 Å². The van der Waals surface area contributed by atoms with Gasteiger partial charge in [-0.25, -0.2) is 9.97 Å². The van der Waals surface area contributed by atoms with E-state index >= 15 is 0 Å². The van der Waals surface area contributed by atoms with Crippen LogP contribution in [0.1, 0.15) is 10.6 Å². The lowest BCUT2D eigenvalue weighted by Gasteiger charge is -2.09. The molecule has 3 nitrogen and oxygen atoms in total. The molecule has 0 aliphatic heterocycles. The fraction of sp³-hybridized carbons (Fsp3) is 0.111. The van der Waals surface area contributed by atoms with E-state index in [2.05, 4.69) is 57.9 Å². The summed E-state index contributed by atoms with van der Waals surface area (Å²) in [7, 11) is 0. The molecule has 0 N–H and O–H groups in total. The Bertz CT molecular complexity index is 948. The predicted molar refractivity (Wildman–Crippen MR) is 91.7 cm³/mol. The summed E-state index contributed by atoms with van der Waals surface area (Å²) in [6, 6.07) is 14.7. The fourth-order valence-electron chi connectivity index (χ4n) is 2.65. The highest BCUT2D eigenvalue weighted by Gasteiger charge is 2.13. The van der Waals surface area contributed by atoms with E-state index < -0.39 is 0 Å². The molecular weight excluding hydrogens is 290 g/mol. The summed E-state index contributed by atoms with van der Waals surface area (Å²) in [6.45, 7) is 4.14. The first-order valence-electron chi connectivity index (χ1n) is 7.19. The molecule has 2 heterocycles. The van der Waals surface area contributed by atoms with Crippen LogP contribution in [0.3, 0.4) is 0 Å². The summed E-state index contributed by atoms with van der Waals surface area (Å²) in [5, 5.41) is 1.08. The van der Waals surface area contributed by atoms with Crippen molar-refractivity contribution in [3.63, 3.8) is 0 Å². The number of aromatic nitrogens is 3. The van der Waals surface area contributed by atoms with Crippen molar-refractivity contribution >= 4 is 21.6 Å². The molecule has 2 aromatic heterocycles. The van der Waals surface area contributed by atoms with Gasteiger partial charge in [0.15, 0.2) is 0 Å². The quantitative estimate of drug-likeness (QED) is 0.534. The molecule has 4 aromatic rings. The minimum Gasteiger partial charge on any atom is -0.300 e. The first-order valence-corrected chi connectivity index (χ1v) is 8.01. The summed E-state index contributed by atoms with van der Waals surface area (Å²) < 4.78 is 3.32. The number of nitrogens with zero attached hydrogens (tertiary/aromatic N) is 3. The maximum atomic E-state index is 4.59. The number of fused-ring (bicyclic) bond motifs is 1. The Morgan fingerprint density at radius 1 is 1.00 bits per heavy atom. The molecule has 0 aliphatic rings. The smallest absolute Gasteiger partial charge is 0.145 e. The number of imidazole rings is 1. The van der Waals surface area contributed by atoms with Crippen LogP contribution in [0.2, 0.25) is 0 Å². The Morgan fingerprint density at radius 2 is 1.82 bits per heavy atom. The van der Waals surface area contributed by atoms with Crippen molar-refractivity contribution in [2.75, 3.05) is 0 Å². The van der Waals surface area contributed by atoms with Gasteiger partial charge >= 0.3 is 0 Å². The van der Waals surface area contributed by atoms with Crippen LogP contribution in [0.5, 0.6) is 0 Å². The molecule has 0 saturated carbocycles. The molecule has 0 spiro atoms. The van der Waals surface area contributed by atoms with E-state index in [0.29, 0.717) is 0 Å². The average molecular weight is 305 g/mol. The zero-order valence-electron chi connectivity index (χ0n) is 12.4. The average Bonchev–Trinajstić information content (AvgIpc) is 3.12. The highest BCUT2D eigenvalue weighted by atomic mass is 32.1. The first-order chi connectivity index (χ1) is 10.7. The van der Waals surface area contributed by atoms with Gasteiger partial charge in [0, 0.05) is 23.6 Å². The van der Waals surface area contributed by atoms with Gasteiger partial charge in [0.05, 0.1) is 15.2 Å². The molecule has 4 rings (SSSR count). The number of rotatable bonds is 2. The van der Waals surface area contributed by atoms with Crippen molar-refractivity contribution in [2.24, 2.45) is 0 Å². The summed E-state index contributed by atoms with van der Waals surface area (Å²) in [6.07, 6.45) is 3.86. The van der Waals surface area contributed by atoms with Crippen LogP contribution < -0.4 is 0 Å². The molecule has 0 atom stereocenters. The van der Waals surface area contributed by atoms with Crippen molar-refractivity contribution < 1.29 is 0 Å². The maximum absolute atomic E-state index is 4.59. The SMILES string of the molecule is Cc1ccc(-n2ccnc2-c2cccc3nc(C)sc23)cc1. The van der Waals surface area contributed by atoms with Gasteiger partial charge in [-0.1, -0.05) is 23.8 Å². The Kier molecular flexibility index (Phi) is 3.05. The van der Waals surface area contributed by atoms with Gasteiger partial charge < -0.3 is 0 Å². The van der Waals surface area contributed by atoms with Gasteiger partial charge in [-0.3, -0.25) is 4.57 Å². The lowest BCUT2D eigenvalue weighted by atomic mass is 10.2. The molecule has 0 fully saturated rings. The van der Waals surface area contributed by atoms with E-state index in [-0.39, 0.29) is 0 Å². The maximum Gasteiger partial charge on any atom is 0.145 e. The van der Waals surface area contributed by atoms with E-state index in [1.165, 1.54) is 10.3 Å². The van der Waals surface area contributed by atoms with E-state index in [1.807, 2.05) is 25.4 Å². The third-order valence-electron chi connectivity index (χ3n) is 3.72. The minimum atomic E-state index is 0.957. The molecule has 0 saturated heterocycles. The highest BCUT2D eigenvalue weighted by molar-refractivity contribution is 7.19. The van der Waals surface area contributed by atoms with Crippen LogP contribution in [-0.4, -0.2) is 14.5 Å². The molecule has 2 aromatic carbocycles. The fourth-order valence-corrected chi connectivity index (χ4v) is 3.58. The number of thiazole rings is 1. The standard InChI is InChI=1S/C18H15N3S/c1-12-6-8-14(9-7-12)21-11-10-19-18(21)15-4-3-5-16-17(15)22-13(2)20-16/h3-11H,1-2H3. The van der Waals surface area contributed by atoms with Crippen molar-refractivity contribution in [3.8, 4) is 17.1 Å². The third-order valence-corrected chi connectivity index (χ3v) is 4.74. The molecule has 4 heteroatoms. The van der Waals surface area contributed by atoms with Crippen LogP contribution in [0.15, 0.2) is 54.9 Å². The van der Waals surface area contributed by atoms with E-state index in [0.717, 1.165) is 27.6 Å². The monoisotopic (exact) mass is 305 g/mol. The van der Waals surface area contributed by atoms with Crippen molar-refractivity contribution in [3.05, 3.63) is 65.4 Å². The van der Waals surface area contributed by atoms with Crippen LogP contribution in [0, 0.1) is 13.8 Å². The molecular formula is C18H15N3S. The van der Waals surface area contributed by atoms with Crippen LogP contribution in [0.25, 0.3) is 27.3 Å². The minimum absolute atomic E-state index is 0.957. The van der Waals surface area contributed by atoms with Crippen molar-refractivity contribution in [1.82, 2.24) is 14.5 Å². The van der Waals surface area contributed by atoms with Gasteiger partial charge in [-0.05, 0) is 38.1 Å². The van der Waals surface area contributed by atoms with Crippen LogP contribution in [-0.2, 0) is 0 Å². The number of aryl methyl sites for hydroxylation is 2. The van der Waals surface area contributed by atoms with Crippen molar-refractivity contribution in [2.45, 2.75) is 13.8 Å². The zero-order valence-corrected chi connectivity index (χ0v) is 13.3. The topological polar surface area (TPSA) is 30.7 Å². The molecule has 0 radical (unpaired) electrons. The Labute approximate surface area is 132 Å². The summed E-state index contributed by atoms with van der Waals surface area (Å²) >= 11 is 1.72. The van der Waals surface area contributed by atoms with Gasteiger partial charge in [-0.15, -0.1) is 11.3 Å². The van der Waals surface area contributed by atoms with Crippen LogP contribution in [0.4, 0.5) is 0 Å². The largest absolute Gasteiger partial charge is 0.300 e. The Balaban J connectivity index is 1.93. The summed E-state index contributed by atoms with van der Waals surface area (Å²) in [5.41, 5.74) is 4.55. The lowest BCUT2D eigenvalue weighted by molar-refractivity contribution is 1.07. The number of benzene rings is 2. The predicted octanol–water partition coefficient (Wildman–Crippen LogP) is 4.77. The molecule has 0 bridgehead atoms. The van der Waals surface area contributed by atoms with Gasteiger partial charge in [0.2, 0.25) is 0 Å². The molecule has 108 valence electrons. The Morgan fingerprint density at radius 3 is 2.64 bits per heavy atom. The van der Waals surface area contributed by atoms with Gasteiger partial charge in [0.1, 0.15) is 5.82 Å². The van der Waals surface area contributed by atoms with Crippen molar-refractivity contribution in [1.29, 1.82) is 0 Å². The van der Waals surface area contributed by atoms with E-state index in [9.17, 15) is 0 Å². The van der Waals surface area contributed by atoms with E-state index in [1.54, 1.807) is 11.3 Å². The summed E-state index contributed by atoms with van der Waals surface area (Å²) in [5.74, 6) is 0.957. The van der Waals surface area contributed by atoms with Gasteiger partial charge in [0.25, 0.3) is 0 Å². The number of hydrogen-bond donors (Lipinski definition) is 0. The second kappa shape index (κ2) is 5.07. The molecule has 0 unspecified atom stereocenters. The molecule has 0 aliphatic carbocycles. The lowest BCUT2D eigenvalue weighted by Crippen LogP contribution is -1.96. The molecule has 22 heavy (non-hydrogen) atoms. The first kappa shape index (κ1) is 13.2. The molecule has 0 amide bonds. The normalized spacial score (nSPS) is 11.2.